The molecule has 2 aromatic rings. The molecule has 24 heavy (non-hydrogen) atoms. The molecule has 1 aromatic carbocycles. The average Bonchev–Trinajstić information content (AvgIpc) is 3.35. The molecule has 0 spiro atoms. The second kappa shape index (κ2) is 6.95. The van der Waals surface area contributed by atoms with E-state index in [1.165, 1.54) is 5.56 Å². The fraction of sp³-hybridized carbons (Fsp3) is 0.444. The van der Waals surface area contributed by atoms with Gasteiger partial charge in [0.25, 0.3) is 0 Å². The number of carbonyl (C=O) groups is 1. The first-order chi connectivity index (χ1) is 11.6. The van der Waals surface area contributed by atoms with E-state index in [0.717, 1.165) is 31.0 Å². The standard InChI is InChI=1S/C18H23N3O3/c1-4-24-18(22)16-11-17(20(2)19-16)21(14-8-9-14)12-13-6-5-7-15(10-13)23-3/h5-7,10-11,14H,4,8-9,12H2,1-3H3. The van der Waals surface area contributed by atoms with Crippen LogP contribution < -0.4 is 9.64 Å². The Labute approximate surface area is 142 Å². The molecule has 0 bridgehead atoms. The lowest BCUT2D eigenvalue weighted by Crippen LogP contribution is -2.27. The Morgan fingerprint density at radius 3 is 2.83 bits per heavy atom. The van der Waals surface area contributed by atoms with Gasteiger partial charge in [0.15, 0.2) is 5.69 Å². The Morgan fingerprint density at radius 2 is 2.17 bits per heavy atom. The SMILES string of the molecule is CCOC(=O)c1cc(N(Cc2cccc(OC)c2)C2CC2)n(C)n1. The Bertz CT molecular complexity index is 722. The van der Waals surface area contributed by atoms with Crippen molar-refractivity contribution < 1.29 is 14.3 Å². The lowest BCUT2D eigenvalue weighted by Gasteiger charge is -2.24. The van der Waals surface area contributed by atoms with Crippen molar-refractivity contribution >= 4 is 11.8 Å². The highest BCUT2D eigenvalue weighted by molar-refractivity contribution is 5.88. The summed E-state index contributed by atoms with van der Waals surface area (Å²) in [6.45, 7) is 2.89. The quantitative estimate of drug-likeness (QED) is 0.731. The molecule has 128 valence electrons. The van der Waals surface area contributed by atoms with Crippen LogP contribution in [0, 0.1) is 0 Å². The van der Waals surface area contributed by atoms with E-state index in [-0.39, 0.29) is 5.97 Å². The molecule has 1 saturated carbocycles. The van der Waals surface area contributed by atoms with E-state index in [9.17, 15) is 4.79 Å². The third-order valence-corrected chi connectivity index (χ3v) is 4.11. The van der Waals surface area contributed by atoms with Crippen LogP contribution in [0.25, 0.3) is 0 Å². The number of carbonyl (C=O) groups excluding carboxylic acids is 1. The maximum absolute atomic E-state index is 11.9. The van der Waals surface area contributed by atoms with Crippen LogP contribution in [0.15, 0.2) is 30.3 Å². The molecule has 0 saturated heterocycles. The maximum atomic E-state index is 11.9. The summed E-state index contributed by atoms with van der Waals surface area (Å²) in [5.74, 6) is 1.40. The molecule has 1 aliphatic rings. The zero-order valence-corrected chi connectivity index (χ0v) is 14.4. The first kappa shape index (κ1) is 16.4. The van der Waals surface area contributed by atoms with E-state index in [1.54, 1.807) is 18.7 Å². The number of rotatable bonds is 7. The summed E-state index contributed by atoms with van der Waals surface area (Å²) >= 11 is 0. The third kappa shape index (κ3) is 3.53. The monoisotopic (exact) mass is 329 g/mol. The predicted octanol–water partition coefficient (Wildman–Crippen LogP) is 2.77. The van der Waals surface area contributed by atoms with Crippen molar-refractivity contribution in [2.24, 2.45) is 7.05 Å². The van der Waals surface area contributed by atoms with Crippen molar-refractivity contribution in [3.63, 3.8) is 0 Å². The number of methoxy groups -OCH3 is 1. The number of benzene rings is 1. The van der Waals surface area contributed by atoms with Gasteiger partial charge < -0.3 is 14.4 Å². The van der Waals surface area contributed by atoms with Gasteiger partial charge in [-0.2, -0.15) is 5.10 Å². The van der Waals surface area contributed by atoms with Crippen LogP contribution in [-0.2, 0) is 18.3 Å². The molecule has 0 N–H and O–H groups in total. The minimum atomic E-state index is -0.378. The van der Waals surface area contributed by atoms with Crippen molar-refractivity contribution in [1.82, 2.24) is 9.78 Å². The molecule has 3 rings (SSSR count). The first-order valence-corrected chi connectivity index (χ1v) is 8.23. The van der Waals surface area contributed by atoms with Gasteiger partial charge in [0.1, 0.15) is 11.6 Å². The summed E-state index contributed by atoms with van der Waals surface area (Å²) in [5.41, 5.74) is 1.52. The summed E-state index contributed by atoms with van der Waals surface area (Å²) < 4.78 is 12.1. The maximum Gasteiger partial charge on any atom is 0.358 e. The second-order valence-electron chi connectivity index (χ2n) is 5.94. The van der Waals surface area contributed by atoms with E-state index >= 15 is 0 Å². The van der Waals surface area contributed by atoms with E-state index in [4.69, 9.17) is 9.47 Å². The van der Waals surface area contributed by atoms with Crippen LogP contribution in [0.3, 0.4) is 0 Å². The topological polar surface area (TPSA) is 56.6 Å². The van der Waals surface area contributed by atoms with Gasteiger partial charge in [0, 0.05) is 25.7 Å². The van der Waals surface area contributed by atoms with Gasteiger partial charge in [0.2, 0.25) is 0 Å². The van der Waals surface area contributed by atoms with Crippen LogP contribution in [0.1, 0.15) is 35.8 Å². The number of hydrogen-bond donors (Lipinski definition) is 0. The van der Waals surface area contributed by atoms with E-state index in [1.807, 2.05) is 31.3 Å². The minimum absolute atomic E-state index is 0.348. The van der Waals surface area contributed by atoms with Gasteiger partial charge >= 0.3 is 5.97 Å². The molecule has 0 atom stereocenters. The number of ether oxygens (including phenoxy) is 2. The van der Waals surface area contributed by atoms with Gasteiger partial charge in [-0.3, -0.25) is 4.68 Å². The summed E-state index contributed by atoms with van der Waals surface area (Å²) in [5, 5.41) is 4.31. The Hall–Kier alpha value is -2.50. The van der Waals surface area contributed by atoms with E-state index in [0.29, 0.717) is 18.3 Å². The molecule has 0 radical (unpaired) electrons. The first-order valence-electron chi connectivity index (χ1n) is 8.23. The van der Waals surface area contributed by atoms with Crippen LogP contribution in [0.5, 0.6) is 5.75 Å². The molecule has 0 amide bonds. The number of hydrogen-bond acceptors (Lipinski definition) is 5. The van der Waals surface area contributed by atoms with Gasteiger partial charge in [-0.25, -0.2) is 4.79 Å². The molecular weight excluding hydrogens is 306 g/mol. The molecule has 6 nitrogen and oxygen atoms in total. The predicted molar refractivity (Wildman–Crippen MR) is 91.4 cm³/mol. The molecule has 0 aliphatic heterocycles. The van der Waals surface area contributed by atoms with Crippen LogP contribution >= 0.6 is 0 Å². The number of esters is 1. The Balaban J connectivity index is 1.84. The number of anilines is 1. The largest absolute Gasteiger partial charge is 0.497 e. The lowest BCUT2D eigenvalue weighted by atomic mass is 10.2. The van der Waals surface area contributed by atoms with Crippen LogP contribution in [0.2, 0.25) is 0 Å². The van der Waals surface area contributed by atoms with Gasteiger partial charge in [-0.15, -0.1) is 0 Å². The zero-order chi connectivity index (χ0) is 17.1. The highest BCUT2D eigenvalue weighted by Crippen LogP contribution is 2.33. The molecule has 6 heteroatoms. The number of aromatic nitrogens is 2. The van der Waals surface area contributed by atoms with Crippen molar-refractivity contribution in [2.45, 2.75) is 32.4 Å². The summed E-state index contributed by atoms with van der Waals surface area (Å²) in [7, 11) is 3.53. The number of aryl methyl sites for hydroxylation is 1. The fourth-order valence-corrected chi connectivity index (χ4v) is 2.78. The Kier molecular flexibility index (Phi) is 4.74. The van der Waals surface area contributed by atoms with Crippen LogP contribution in [-0.4, -0.2) is 35.5 Å². The summed E-state index contributed by atoms with van der Waals surface area (Å²) in [6.07, 6.45) is 2.31. The summed E-state index contributed by atoms with van der Waals surface area (Å²) in [6, 6.07) is 10.4. The molecule has 0 unspecified atom stereocenters. The molecule has 1 heterocycles. The van der Waals surface area contributed by atoms with Crippen molar-refractivity contribution in [3.05, 3.63) is 41.6 Å². The zero-order valence-electron chi connectivity index (χ0n) is 14.4. The second-order valence-corrected chi connectivity index (χ2v) is 5.94. The van der Waals surface area contributed by atoms with Crippen molar-refractivity contribution in [2.75, 3.05) is 18.6 Å². The lowest BCUT2D eigenvalue weighted by molar-refractivity contribution is 0.0518. The highest BCUT2D eigenvalue weighted by atomic mass is 16.5. The van der Waals surface area contributed by atoms with E-state index in [2.05, 4.69) is 16.1 Å². The Morgan fingerprint density at radius 1 is 1.38 bits per heavy atom. The van der Waals surface area contributed by atoms with Crippen molar-refractivity contribution in [1.29, 1.82) is 0 Å². The molecule has 1 aliphatic carbocycles. The van der Waals surface area contributed by atoms with Gasteiger partial charge in [-0.1, -0.05) is 12.1 Å². The third-order valence-electron chi connectivity index (χ3n) is 4.11. The van der Waals surface area contributed by atoms with Crippen molar-refractivity contribution in [3.8, 4) is 5.75 Å². The average molecular weight is 329 g/mol. The molecule has 1 fully saturated rings. The minimum Gasteiger partial charge on any atom is -0.497 e. The molecule has 1 aromatic heterocycles. The van der Waals surface area contributed by atoms with Gasteiger partial charge in [0.05, 0.1) is 13.7 Å². The summed E-state index contributed by atoms with van der Waals surface area (Å²) in [4.78, 5) is 14.2. The smallest absolute Gasteiger partial charge is 0.358 e. The van der Waals surface area contributed by atoms with Gasteiger partial charge in [-0.05, 0) is 37.5 Å². The number of nitrogens with zero attached hydrogens (tertiary/aromatic N) is 3. The van der Waals surface area contributed by atoms with E-state index < -0.39 is 0 Å². The normalized spacial score (nSPS) is 13.6. The molecular formula is C18H23N3O3. The fourth-order valence-electron chi connectivity index (χ4n) is 2.78. The van der Waals surface area contributed by atoms with Crippen LogP contribution in [0.4, 0.5) is 5.82 Å². The highest BCUT2D eigenvalue weighted by Gasteiger charge is 2.32.